The van der Waals surface area contributed by atoms with Crippen molar-refractivity contribution in [3.63, 3.8) is 0 Å². The second-order valence-electron chi connectivity index (χ2n) is 7.79. The van der Waals surface area contributed by atoms with Gasteiger partial charge in [0.2, 0.25) is 0 Å². The molecule has 0 fully saturated rings. The summed E-state index contributed by atoms with van der Waals surface area (Å²) in [6, 6.07) is 1.39. The minimum Gasteiger partial charge on any atom is -0.361 e. The van der Waals surface area contributed by atoms with Crippen molar-refractivity contribution in [3.05, 3.63) is 71.3 Å². The van der Waals surface area contributed by atoms with Gasteiger partial charge < -0.3 is 5.32 Å². The smallest absolute Gasteiger partial charge is 0.361 e. The van der Waals surface area contributed by atoms with Gasteiger partial charge in [-0.3, -0.25) is 4.90 Å². The highest BCUT2D eigenvalue weighted by Crippen LogP contribution is 2.34. The zero-order valence-corrected chi connectivity index (χ0v) is 17.0. The Hall–Kier alpha value is -2.80. The van der Waals surface area contributed by atoms with Crippen molar-refractivity contribution in [2.24, 2.45) is 0 Å². The Kier molecular flexibility index (Phi) is 5.45. The SMILES string of the molecule is C=C1NC=C(C(C)N(C)C(=O)[N+](C)(C)C2=C(F)CCC=C2)c2cc(F)c(F)cc21. The van der Waals surface area contributed by atoms with E-state index in [9.17, 15) is 18.0 Å². The quantitative estimate of drug-likeness (QED) is 0.725. The van der Waals surface area contributed by atoms with Crippen LogP contribution < -0.4 is 5.32 Å². The summed E-state index contributed by atoms with van der Waals surface area (Å²) in [6.07, 6.45) is 6.01. The number of urea groups is 1. The number of nitrogens with one attached hydrogen (secondary N) is 1. The van der Waals surface area contributed by atoms with E-state index in [1.54, 1.807) is 40.3 Å². The van der Waals surface area contributed by atoms with Crippen molar-refractivity contribution in [1.29, 1.82) is 0 Å². The van der Waals surface area contributed by atoms with Crippen LogP contribution in [0, 0.1) is 11.6 Å². The summed E-state index contributed by atoms with van der Waals surface area (Å²) in [7, 11) is 4.88. The summed E-state index contributed by atoms with van der Waals surface area (Å²) < 4.78 is 41.7. The molecular weight excluding hydrogens is 379 g/mol. The molecule has 2 amide bonds. The van der Waals surface area contributed by atoms with Gasteiger partial charge in [-0.15, -0.1) is 0 Å². The first-order chi connectivity index (χ1) is 13.6. The predicted molar refractivity (Wildman–Crippen MR) is 108 cm³/mol. The molecule has 1 heterocycles. The van der Waals surface area contributed by atoms with Crippen molar-refractivity contribution < 1.29 is 22.4 Å². The van der Waals surface area contributed by atoms with Crippen LogP contribution in [-0.2, 0) is 0 Å². The molecule has 0 aromatic heterocycles. The Labute approximate surface area is 168 Å². The zero-order chi connectivity index (χ0) is 21.5. The zero-order valence-electron chi connectivity index (χ0n) is 17.0. The van der Waals surface area contributed by atoms with E-state index in [4.69, 9.17) is 0 Å². The number of fused-ring (bicyclic) bond motifs is 1. The molecule has 0 spiro atoms. The number of nitrogens with zero attached hydrogens (tertiary/aromatic N) is 2. The maximum Gasteiger partial charge on any atom is 0.424 e. The lowest BCUT2D eigenvalue weighted by molar-refractivity contribution is -0.770. The Bertz CT molecular complexity index is 976. The summed E-state index contributed by atoms with van der Waals surface area (Å²) in [5.74, 6) is -2.24. The van der Waals surface area contributed by atoms with E-state index in [0.29, 0.717) is 34.5 Å². The van der Waals surface area contributed by atoms with E-state index in [1.807, 2.05) is 6.08 Å². The number of carbonyl (C=O) groups is 1. The molecule has 1 aromatic rings. The minimum atomic E-state index is -0.971. The third-order valence-electron chi connectivity index (χ3n) is 5.60. The number of hydrogen-bond acceptors (Lipinski definition) is 2. The number of allylic oxidation sites excluding steroid dienone is 3. The molecular formula is C22H25F3N3O+. The van der Waals surface area contributed by atoms with E-state index in [0.717, 1.165) is 12.1 Å². The van der Waals surface area contributed by atoms with Crippen LogP contribution in [0.3, 0.4) is 0 Å². The Morgan fingerprint density at radius 2 is 1.83 bits per heavy atom. The molecule has 29 heavy (non-hydrogen) atoms. The van der Waals surface area contributed by atoms with Gasteiger partial charge in [0, 0.05) is 30.9 Å². The lowest BCUT2D eigenvalue weighted by Gasteiger charge is -2.36. The molecule has 1 aliphatic carbocycles. The molecule has 0 saturated heterocycles. The predicted octanol–water partition coefficient (Wildman–Crippen LogP) is 4.93. The summed E-state index contributed by atoms with van der Waals surface area (Å²) in [4.78, 5) is 14.7. The molecule has 0 bridgehead atoms. The van der Waals surface area contributed by atoms with Gasteiger partial charge in [0.05, 0.1) is 20.1 Å². The average Bonchev–Trinajstić information content (AvgIpc) is 2.68. The van der Waals surface area contributed by atoms with Crippen molar-refractivity contribution in [1.82, 2.24) is 10.2 Å². The highest BCUT2D eigenvalue weighted by Gasteiger charge is 2.39. The molecule has 1 atom stereocenters. The number of halogens is 3. The van der Waals surface area contributed by atoms with E-state index in [1.165, 1.54) is 4.90 Å². The van der Waals surface area contributed by atoms with Crippen LogP contribution in [-0.4, -0.2) is 42.6 Å². The second-order valence-corrected chi connectivity index (χ2v) is 7.79. The van der Waals surface area contributed by atoms with E-state index < -0.39 is 17.7 Å². The fourth-order valence-electron chi connectivity index (χ4n) is 3.69. The number of carbonyl (C=O) groups excluding carboxylic acids is 1. The van der Waals surface area contributed by atoms with Crippen LogP contribution in [0.25, 0.3) is 11.3 Å². The van der Waals surface area contributed by atoms with Gasteiger partial charge in [0.25, 0.3) is 0 Å². The summed E-state index contributed by atoms with van der Waals surface area (Å²) in [5.41, 5.74) is 2.27. The van der Waals surface area contributed by atoms with Crippen LogP contribution in [0.1, 0.15) is 30.9 Å². The number of hydrogen-bond donors (Lipinski definition) is 1. The highest BCUT2D eigenvalue weighted by atomic mass is 19.2. The number of benzene rings is 1. The molecule has 3 rings (SSSR count). The third kappa shape index (κ3) is 3.62. The molecule has 7 heteroatoms. The monoisotopic (exact) mass is 404 g/mol. The maximum atomic E-state index is 14.4. The topological polar surface area (TPSA) is 32.3 Å². The normalized spacial score (nSPS) is 17.5. The van der Waals surface area contributed by atoms with E-state index in [-0.39, 0.29) is 22.8 Å². The van der Waals surface area contributed by atoms with Gasteiger partial charge in [-0.1, -0.05) is 12.7 Å². The Morgan fingerprint density at radius 1 is 1.21 bits per heavy atom. The highest BCUT2D eigenvalue weighted by molar-refractivity contribution is 5.86. The standard InChI is InChI=1S/C22H25F3N3O/c1-13-15-10-19(24)20(25)11-16(15)17(12-26-13)14(2)27(3)22(29)28(4,5)21-9-7-6-8-18(21)23/h7,9-12,14,26H,1,6,8H2,2-5H3/q+1. The summed E-state index contributed by atoms with van der Waals surface area (Å²) in [6.45, 7) is 5.61. The largest absolute Gasteiger partial charge is 0.424 e. The molecule has 1 aliphatic heterocycles. The Morgan fingerprint density at radius 3 is 2.45 bits per heavy atom. The van der Waals surface area contributed by atoms with Crippen LogP contribution in [0.5, 0.6) is 0 Å². The fourth-order valence-corrected chi connectivity index (χ4v) is 3.69. The lowest BCUT2D eigenvalue weighted by Crippen LogP contribution is -2.54. The molecule has 4 nitrogen and oxygen atoms in total. The maximum absolute atomic E-state index is 14.4. The first-order valence-electron chi connectivity index (χ1n) is 9.38. The molecule has 1 N–H and O–H groups in total. The number of rotatable bonds is 3. The minimum absolute atomic E-state index is 0.273. The molecule has 2 aliphatic rings. The van der Waals surface area contributed by atoms with Gasteiger partial charge >= 0.3 is 6.03 Å². The van der Waals surface area contributed by atoms with Crippen LogP contribution in [0.15, 0.2) is 48.6 Å². The van der Waals surface area contributed by atoms with E-state index in [2.05, 4.69) is 11.9 Å². The first-order valence-corrected chi connectivity index (χ1v) is 9.38. The number of amides is 2. The lowest BCUT2D eigenvalue weighted by atomic mass is 9.91. The average molecular weight is 404 g/mol. The van der Waals surface area contributed by atoms with Crippen LogP contribution >= 0.6 is 0 Å². The molecule has 154 valence electrons. The number of likely N-dealkylation sites (N-methyl/N-ethyl adjacent to an activating group) is 2. The molecule has 1 unspecified atom stereocenters. The first kappa shape index (κ1) is 20.9. The van der Waals surface area contributed by atoms with Gasteiger partial charge in [-0.25, -0.2) is 22.4 Å². The molecule has 1 aromatic carbocycles. The second kappa shape index (κ2) is 7.55. The number of quaternary nitrogens is 1. The summed E-state index contributed by atoms with van der Waals surface area (Å²) >= 11 is 0. The van der Waals surface area contributed by atoms with Crippen LogP contribution in [0.2, 0.25) is 0 Å². The van der Waals surface area contributed by atoms with Gasteiger partial charge in [0.1, 0.15) is 0 Å². The van der Waals surface area contributed by atoms with Crippen molar-refractivity contribution in [2.45, 2.75) is 25.8 Å². The fraction of sp³-hybridized carbons (Fsp3) is 0.318. The molecule has 0 radical (unpaired) electrons. The van der Waals surface area contributed by atoms with Crippen molar-refractivity contribution in [3.8, 4) is 0 Å². The van der Waals surface area contributed by atoms with Gasteiger partial charge in [0.15, 0.2) is 23.2 Å². The van der Waals surface area contributed by atoms with E-state index >= 15 is 0 Å². The summed E-state index contributed by atoms with van der Waals surface area (Å²) in [5, 5.41) is 2.95. The Balaban J connectivity index is 1.94. The molecule has 0 saturated carbocycles. The third-order valence-corrected chi connectivity index (χ3v) is 5.60. The van der Waals surface area contributed by atoms with Gasteiger partial charge in [-0.05, 0) is 42.7 Å². The van der Waals surface area contributed by atoms with Gasteiger partial charge in [-0.2, -0.15) is 0 Å². The van der Waals surface area contributed by atoms with Crippen molar-refractivity contribution in [2.75, 3.05) is 21.1 Å². The van der Waals surface area contributed by atoms with Crippen LogP contribution in [0.4, 0.5) is 18.0 Å². The van der Waals surface area contributed by atoms with Crippen molar-refractivity contribution >= 4 is 17.3 Å².